The molecule has 2 aromatic rings. The van der Waals surface area contributed by atoms with E-state index in [-0.39, 0.29) is 31.1 Å². The molecule has 2 heterocycles. The lowest BCUT2D eigenvalue weighted by molar-refractivity contribution is -0.152. The molecule has 2 saturated heterocycles. The van der Waals surface area contributed by atoms with E-state index in [9.17, 15) is 24.3 Å². The van der Waals surface area contributed by atoms with Crippen LogP contribution in [0.5, 0.6) is 0 Å². The number of nitrogens with one attached hydrogen (secondary N) is 1. The summed E-state index contributed by atoms with van der Waals surface area (Å²) in [5, 5.41) is 12.5. The van der Waals surface area contributed by atoms with E-state index >= 15 is 0 Å². The molecule has 42 heavy (non-hydrogen) atoms. The summed E-state index contributed by atoms with van der Waals surface area (Å²) in [6.45, 7) is 4.03. The van der Waals surface area contributed by atoms with Crippen LogP contribution >= 0.6 is 0 Å². The molecule has 0 aromatic heterocycles. The molecular weight excluding hydrogens is 538 g/mol. The molecule has 0 bridgehead atoms. The third-order valence-electron chi connectivity index (χ3n) is 8.96. The second kappa shape index (κ2) is 12.5. The number of benzene rings is 2. The summed E-state index contributed by atoms with van der Waals surface area (Å²) in [5.74, 6) is -2.10. The molecule has 2 N–H and O–H groups in total. The van der Waals surface area contributed by atoms with Crippen molar-refractivity contribution < 1.29 is 33.8 Å². The first-order valence-electron chi connectivity index (χ1n) is 14.8. The van der Waals surface area contributed by atoms with Crippen molar-refractivity contribution in [1.29, 1.82) is 0 Å². The first-order valence-corrected chi connectivity index (χ1v) is 14.8. The fourth-order valence-corrected chi connectivity index (χ4v) is 6.61. The Labute approximate surface area is 246 Å². The average molecular weight is 578 g/mol. The van der Waals surface area contributed by atoms with Crippen LogP contribution in [0.15, 0.2) is 48.5 Å². The van der Waals surface area contributed by atoms with E-state index in [4.69, 9.17) is 9.47 Å². The lowest BCUT2D eigenvalue weighted by atomic mass is 9.96. The highest BCUT2D eigenvalue weighted by atomic mass is 16.6. The molecule has 2 aromatic carbocycles. The minimum atomic E-state index is -1.04. The van der Waals surface area contributed by atoms with E-state index in [0.717, 1.165) is 22.3 Å². The van der Waals surface area contributed by atoms with Crippen molar-refractivity contribution in [3.8, 4) is 11.1 Å². The second-order valence-corrected chi connectivity index (χ2v) is 11.4. The smallest absolute Gasteiger partial charge is 0.410 e. The van der Waals surface area contributed by atoms with Crippen molar-refractivity contribution in [3.63, 3.8) is 0 Å². The molecule has 3 amide bonds. The van der Waals surface area contributed by atoms with Crippen molar-refractivity contribution >= 4 is 23.9 Å². The van der Waals surface area contributed by atoms with Gasteiger partial charge in [-0.15, -0.1) is 0 Å². The zero-order valence-corrected chi connectivity index (χ0v) is 24.3. The van der Waals surface area contributed by atoms with Crippen molar-refractivity contribution in [2.24, 2.45) is 0 Å². The van der Waals surface area contributed by atoms with E-state index in [2.05, 4.69) is 17.4 Å². The van der Waals surface area contributed by atoms with Crippen LogP contribution in [0.4, 0.5) is 4.79 Å². The summed E-state index contributed by atoms with van der Waals surface area (Å²) in [6, 6.07) is 13.1. The van der Waals surface area contributed by atoms with E-state index in [1.165, 1.54) is 16.8 Å². The maximum absolute atomic E-state index is 13.6. The summed E-state index contributed by atoms with van der Waals surface area (Å²) in [5.41, 5.74) is 4.42. The Morgan fingerprint density at radius 1 is 1.02 bits per heavy atom. The first-order chi connectivity index (χ1) is 20.2. The van der Waals surface area contributed by atoms with Gasteiger partial charge in [0.2, 0.25) is 11.8 Å². The van der Waals surface area contributed by atoms with Crippen LogP contribution < -0.4 is 5.32 Å². The van der Waals surface area contributed by atoms with Gasteiger partial charge >= 0.3 is 12.1 Å². The number of carboxylic acid groups (broad SMARTS) is 1. The van der Waals surface area contributed by atoms with E-state index in [0.29, 0.717) is 32.3 Å². The maximum atomic E-state index is 13.6. The van der Waals surface area contributed by atoms with Gasteiger partial charge < -0.3 is 24.8 Å². The molecule has 10 nitrogen and oxygen atoms in total. The number of aliphatic carboxylic acids is 1. The summed E-state index contributed by atoms with van der Waals surface area (Å²) in [4.78, 5) is 54.7. The molecule has 2 aliphatic heterocycles. The number of carboxylic acids is 1. The highest BCUT2D eigenvalue weighted by Crippen LogP contribution is 2.44. The third-order valence-corrected chi connectivity index (χ3v) is 8.96. The fraction of sp³-hybridized carbons (Fsp3) is 0.500. The second-order valence-electron chi connectivity index (χ2n) is 11.4. The predicted molar refractivity (Wildman–Crippen MR) is 155 cm³/mol. The van der Waals surface area contributed by atoms with Gasteiger partial charge in [-0.1, -0.05) is 48.5 Å². The number of hydrogen-bond acceptors (Lipinski definition) is 6. The predicted octanol–water partition coefficient (Wildman–Crippen LogP) is 3.77. The molecule has 5 rings (SSSR count). The van der Waals surface area contributed by atoms with Gasteiger partial charge in [-0.05, 0) is 61.8 Å². The number of ether oxygens (including phenoxy) is 2. The topological polar surface area (TPSA) is 125 Å². The summed E-state index contributed by atoms with van der Waals surface area (Å²) >= 11 is 0. The van der Waals surface area contributed by atoms with E-state index in [1.54, 1.807) is 6.92 Å². The Morgan fingerprint density at radius 2 is 1.64 bits per heavy atom. The summed E-state index contributed by atoms with van der Waals surface area (Å²) in [7, 11) is 1.49. The Bertz CT molecular complexity index is 1300. The minimum absolute atomic E-state index is 0.113. The number of likely N-dealkylation sites (N-methyl/N-ethyl adjacent to an activating group) is 1. The largest absolute Gasteiger partial charge is 0.480 e. The quantitative estimate of drug-likeness (QED) is 0.489. The maximum Gasteiger partial charge on any atom is 0.410 e. The van der Waals surface area contributed by atoms with Gasteiger partial charge in [0.25, 0.3) is 0 Å². The van der Waals surface area contributed by atoms with Crippen LogP contribution in [-0.4, -0.2) is 89.3 Å². The van der Waals surface area contributed by atoms with Crippen LogP contribution in [0.2, 0.25) is 0 Å². The molecular formula is C32H39N3O7. The average Bonchev–Trinajstić information content (AvgIpc) is 3.55. The van der Waals surface area contributed by atoms with E-state index < -0.39 is 42.0 Å². The van der Waals surface area contributed by atoms with E-state index in [1.807, 2.05) is 43.3 Å². The SMILES string of the molecule is CCOC1CC[C@H]2CC[C@@H](C(=O)O)N2C(=O)[C@@H](NC(=O)[C@H](C)N(C)C(=O)OCC2c3ccccc3-c3ccccc32)C1. The molecule has 10 heteroatoms. The molecule has 0 spiro atoms. The number of hydrogen-bond donors (Lipinski definition) is 2. The standard InChI is InChI=1S/C32H39N3O7/c1-4-41-21-15-13-20-14-16-28(31(38)39)35(20)30(37)27(17-21)33-29(36)19(2)34(3)32(40)42-18-26-24-11-7-5-9-22(24)23-10-6-8-12-25(23)26/h5-12,19-21,26-28H,4,13-18H2,1-3H3,(H,33,36)(H,38,39)/t19-,20-,21?,27-,28-/m0/s1. The molecule has 1 aliphatic carbocycles. The Kier molecular flexibility index (Phi) is 8.82. The fourth-order valence-electron chi connectivity index (χ4n) is 6.61. The Morgan fingerprint density at radius 3 is 2.26 bits per heavy atom. The number of rotatable bonds is 8. The highest BCUT2D eigenvalue weighted by molar-refractivity contribution is 5.93. The zero-order valence-electron chi connectivity index (χ0n) is 24.3. The molecule has 0 saturated carbocycles. The molecule has 1 unspecified atom stereocenters. The zero-order chi connectivity index (χ0) is 30.0. The van der Waals surface area contributed by atoms with Crippen LogP contribution in [0, 0.1) is 0 Å². The normalized spacial score (nSPS) is 24.1. The van der Waals surface area contributed by atoms with Crippen molar-refractivity contribution in [2.75, 3.05) is 20.3 Å². The summed E-state index contributed by atoms with van der Waals surface area (Å²) < 4.78 is 11.6. The number of fused-ring (bicyclic) bond motifs is 4. The van der Waals surface area contributed by atoms with Crippen LogP contribution in [0.25, 0.3) is 11.1 Å². The Balaban J connectivity index is 1.25. The minimum Gasteiger partial charge on any atom is -0.480 e. The molecule has 0 radical (unpaired) electrons. The molecule has 2 fully saturated rings. The first kappa shape index (κ1) is 29.6. The van der Waals surface area contributed by atoms with Gasteiger partial charge in [-0.2, -0.15) is 0 Å². The van der Waals surface area contributed by atoms with Crippen molar-refractivity contribution in [2.45, 2.75) is 82.1 Å². The molecule has 224 valence electrons. The van der Waals surface area contributed by atoms with Gasteiger partial charge in [-0.25, -0.2) is 9.59 Å². The van der Waals surface area contributed by atoms with Gasteiger partial charge in [0.05, 0.1) is 6.10 Å². The molecule has 5 atom stereocenters. The number of amides is 3. The van der Waals surface area contributed by atoms with Crippen LogP contribution in [0.3, 0.4) is 0 Å². The number of carbonyl (C=O) groups excluding carboxylic acids is 3. The van der Waals surface area contributed by atoms with Gasteiger partial charge in [0, 0.05) is 32.0 Å². The third kappa shape index (κ3) is 5.72. The number of carbonyl (C=O) groups is 4. The van der Waals surface area contributed by atoms with Crippen molar-refractivity contribution in [3.05, 3.63) is 59.7 Å². The number of nitrogens with zero attached hydrogens (tertiary/aromatic N) is 2. The van der Waals surface area contributed by atoms with Gasteiger partial charge in [0.1, 0.15) is 24.7 Å². The monoisotopic (exact) mass is 577 g/mol. The van der Waals surface area contributed by atoms with Crippen molar-refractivity contribution in [1.82, 2.24) is 15.1 Å². The highest BCUT2D eigenvalue weighted by Gasteiger charge is 2.45. The summed E-state index contributed by atoms with van der Waals surface area (Å²) in [6.07, 6.45) is 1.63. The van der Waals surface area contributed by atoms with Gasteiger partial charge in [0.15, 0.2) is 0 Å². The van der Waals surface area contributed by atoms with Gasteiger partial charge in [-0.3, -0.25) is 14.5 Å². The van der Waals surface area contributed by atoms with Crippen LogP contribution in [0.1, 0.15) is 63.0 Å². The van der Waals surface area contributed by atoms with Crippen LogP contribution in [-0.2, 0) is 23.9 Å². The Hall–Kier alpha value is -3.92. The lowest BCUT2D eigenvalue weighted by Gasteiger charge is -2.37. The molecule has 3 aliphatic rings. The lowest BCUT2D eigenvalue weighted by Crippen LogP contribution is -2.58.